The fraction of sp³-hybridized carbons (Fsp3) is 0.972. The number of ketones is 1. The molecule has 0 saturated heterocycles. The van der Waals surface area contributed by atoms with E-state index >= 15 is 0 Å². The molecule has 37 heavy (non-hydrogen) atoms. The van der Waals surface area contributed by atoms with E-state index in [4.69, 9.17) is 0 Å². The Morgan fingerprint density at radius 2 is 0.676 bits per heavy atom. The second-order valence-electron chi connectivity index (χ2n) is 12.6. The van der Waals surface area contributed by atoms with E-state index in [0.717, 1.165) is 31.6 Å². The molecule has 0 spiro atoms. The van der Waals surface area contributed by atoms with E-state index in [-0.39, 0.29) is 0 Å². The first-order valence-corrected chi connectivity index (χ1v) is 17.7. The summed E-state index contributed by atoms with van der Waals surface area (Å²) in [6.07, 6.45) is 41.9. The maximum atomic E-state index is 12.1. The summed E-state index contributed by atoms with van der Waals surface area (Å²) in [7, 11) is 0. The lowest BCUT2D eigenvalue weighted by molar-refractivity contribution is -0.119. The summed E-state index contributed by atoms with van der Waals surface area (Å²) < 4.78 is 0. The van der Waals surface area contributed by atoms with Crippen LogP contribution >= 0.6 is 0 Å². The average molecular weight is 521 g/mol. The van der Waals surface area contributed by atoms with Crippen LogP contribution in [0.5, 0.6) is 0 Å². The van der Waals surface area contributed by atoms with E-state index in [9.17, 15) is 4.79 Å². The third-order valence-corrected chi connectivity index (χ3v) is 8.49. The SMILES string of the molecule is CCCCCCCCCCCCCCCCC(=O)CCCCCCCCCCCCCCC(C)CCC. The van der Waals surface area contributed by atoms with Gasteiger partial charge in [-0.15, -0.1) is 0 Å². The molecule has 0 aliphatic rings. The molecule has 0 N–H and O–H groups in total. The van der Waals surface area contributed by atoms with Crippen molar-refractivity contribution in [1.29, 1.82) is 0 Å². The van der Waals surface area contributed by atoms with Crippen molar-refractivity contribution < 1.29 is 4.79 Å². The van der Waals surface area contributed by atoms with E-state index in [1.165, 1.54) is 173 Å². The molecule has 0 radical (unpaired) electrons. The number of unbranched alkanes of at least 4 members (excludes halogenated alkanes) is 24. The van der Waals surface area contributed by atoms with Crippen molar-refractivity contribution >= 4 is 5.78 Å². The summed E-state index contributed by atoms with van der Waals surface area (Å²) in [5, 5.41) is 0. The second kappa shape index (κ2) is 31.9. The van der Waals surface area contributed by atoms with Crippen LogP contribution in [0.25, 0.3) is 0 Å². The Balaban J connectivity index is 3.17. The Bertz CT molecular complexity index is 428. The van der Waals surface area contributed by atoms with Crippen LogP contribution in [0.1, 0.15) is 220 Å². The van der Waals surface area contributed by atoms with Crippen LogP contribution < -0.4 is 0 Å². The van der Waals surface area contributed by atoms with Gasteiger partial charge in [0.2, 0.25) is 0 Å². The number of hydrogen-bond donors (Lipinski definition) is 0. The highest BCUT2D eigenvalue weighted by molar-refractivity contribution is 5.78. The van der Waals surface area contributed by atoms with E-state index in [2.05, 4.69) is 20.8 Å². The molecular formula is C36H72O. The van der Waals surface area contributed by atoms with Crippen LogP contribution in [0.2, 0.25) is 0 Å². The van der Waals surface area contributed by atoms with Gasteiger partial charge in [-0.25, -0.2) is 0 Å². The third-order valence-electron chi connectivity index (χ3n) is 8.49. The first-order valence-electron chi connectivity index (χ1n) is 17.7. The highest BCUT2D eigenvalue weighted by Gasteiger charge is 2.03. The number of rotatable bonds is 32. The fourth-order valence-electron chi connectivity index (χ4n) is 5.86. The number of carbonyl (C=O) groups excluding carboxylic acids is 1. The van der Waals surface area contributed by atoms with Gasteiger partial charge in [0.25, 0.3) is 0 Å². The second-order valence-corrected chi connectivity index (χ2v) is 12.6. The Labute approximate surface area is 236 Å². The van der Waals surface area contributed by atoms with Crippen LogP contribution in [-0.4, -0.2) is 5.78 Å². The minimum atomic E-state index is 0.527. The van der Waals surface area contributed by atoms with Crippen LogP contribution in [0.4, 0.5) is 0 Å². The molecular weight excluding hydrogens is 448 g/mol. The van der Waals surface area contributed by atoms with Crippen molar-refractivity contribution in [2.45, 2.75) is 220 Å². The topological polar surface area (TPSA) is 17.1 Å². The normalized spacial score (nSPS) is 12.3. The van der Waals surface area contributed by atoms with E-state index in [1.54, 1.807) is 0 Å². The molecule has 1 atom stereocenters. The summed E-state index contributed by atoms with van der Waals surface area (Å²) in [6, 6.07) is 0. The standard InChI is InChI=1S/C36H72O/c1-4-6-7-8-9-10-11-12-13-17-20-23-26-29-33-36(37)34-30-27-24-21-18-15-14-16-19-22-25-28-32-35(3)31-5-2/h35H,4-34H2,1-3H3. The largest absolute Gasteiger partial charge is 0.300 e. The fourth-order valence-corrected chi connectivity index (χ4v) is 5.86. The minimum Gasteiger partial charge on any atom is -0.300 e. The highest BCUT2D eigenvalue weighted by Crippen LogP contribution is 2.17. The summed E-state index contributed by atoms with van der Waals surface area (Å²) in [6.45, 7) is 7.02. The monoisotopic (exact) mass is 521 g/mol. The first kappa shape index (κ1) is 36.7. The molecule has 0 bridgehead atoms. The van der Waals surface area contributed by atoms with Crippen molar-refractivity contribution in [3.63, 3.8) is 0 Å². The Morgan fingerprint density at radius 1 is 0.378 bits per heavy atom. The zero-order chi connectivity index (χ0) is 27.1. The van der Waals surface area contributed by atoms with E-state index < -0.39 is 0 Å². The Kier molecular flexibility index (Phi) is 31.6. The lowest BCUT2D eigenvalue weighted by Crippen LogP contribution is -1.97. The van der Waals surface area contributed by atoms with Crippen LogP contribution in [-0.2, 0) is 4.79 Å². The van der Waals surface area contributed by atoms with Crippen molar-refractivity contribution in [2.24, 2.45) is 5.92 Å². The molecule has 1 nitrogen and oxygen atoms in total. The molecule has 0 aliphatic carbocycles. The molecule has 0 amide bonds. The van der Waals surface area contributed by atoms with Crippen LogP contribution in [0.15, 0.2) is 0 Å². The molecule has 1 unspecified atom stereocenters. The third kappa shape index (κ3) is 31.8. The van der Waals surface area contributed by atoms with E-state index in [1.807, 2.05) is 0 Å². The van der Waals surface area contributed by atoms with Gasteiger partial charge in [0.1, 0.15) is 5.78 Å². The van der Waals surface area contributed by atoms with Gasteiger partial charge in [-0.05, 0) is 18.8 Å². The molecule has 1 heteroatoms. The lowest BCUT2D eigenvalue weighted by atomic mass is 9.98. The Morgan fingerprint density at radius 3 is 1.00 bits per heavy atom. The Hall–Kier alpha value is -0.330. The molecule has 0 heterocycles. The molecule has 0 rings (SSSR count). The predicted octanol–water partition coefficient (Wildman–Crippen LogP) is 13.3. The van der Waals surface area contributed by atoms with Gasteiger partial charge in [-0.2, -0.15) is 0 Å². The van der Waals surface area contributed by atoms with Gasteiger partial charge >= 0.3 is 0 Å². The van der Waals surface area contributed by atoms with Gasteiger partial charge in [-0.1, -0.05) is 194 Å². The molecule has 0 aromatic carbocycles. The molecule has 0 fully saturated rings. The zero-order valence-corrected chi connectivity index (χ0v) is 26.4. The lowest BCUT2D eigenvalue weighted by Gasteiger charge is -2.09. The number of hydrogen-bond acceptors (Lipinski definition) is 1. The van der Waals surface area contributed by atoms with Crippen molar-refractivity contribution in [2.75, 3.05) is 0 Å². The van der Waals surface area contributed by atoms with Gasteiger partial charge < -0.3 is 0 Å². The maximum absolute atomic E-state index is 12.1. The molecule has 0 aliphatic heterocycles. The molecule has 0 aromatic heterocycles. The summed E-state index contributed by atoms with van der Waals surface area (Å²) in [5.41, 5.74) is 0. The molecule has 0 aromatic rings. The zero-order valence-electron chi connectivity index (χ0n) is 26.4. The smallest absolute Gasteiger partial charge is 0.132 e. The van der Waals surface area contributed by atoms with E-state index in [0.29, 0.717) is 5.78 Å². The van der Waals surface area contributed by atoms with Crippen molar-refractivity contribution in [3.05, 3.63) is 0 Å². The number of Topliss-reactive ketones (excluding diaryl/α,β-unsaturated/α-hetero) is 1. The van der Waals surface area contributed by atoms with Gasteiger partial charge in [0.05, 0.1) is 0 Å². The first-order chi connectivity index (χ1) is 18.2. The summed E-state index contributed by atoms with van der Waals surface area (Å²) >= 11 is 0. The van der Waals surface area contributed by atoms with Gasteiger partial charge in [-0.3, -0.25) is 4.79 Å². The quantitative estimate of drug-likeness (QED) is 0.0806. The predicted molar refractivity (Wildman–Crippen MR) is 169 cm³/mol. The summed E-state index contributed by atoms with van der Waals surface area (Å²) in [5.74, 6) is 1.47. The van der Waals surface area contributed by atoms with Crippen molar-refractivity contribution in [1.82, 2.24) is 0 Å². The van der Waals surface area contributed by atoms with Crippen LogP contribution in [0.3, 0.4) is 0 Å². The molecule has 222 valence electrons. The van der Waals surface area contributed by atoms with Crippen LogP contribution in [0, 0.1) is 5.92 Å². The summed E-state index contributed by atoms with van der Waals surface area (Å²) in [4.78, 5) is 12.1. The average Bonchev–Trinajstić information content (AvgIpc) is 2.89. The minimum absolute atomic E-state index is 0.527. The number of carbonyl (C=O) groups is 1. The maximum Gasteiger partial charge on any atom is 0.132 e. The molecule has 0 saturated carbocycles. The highest BCUT2D eigenvalue weighted by atomic mass is 16.1. The van der Waals surface area contributed by atoms with Gasteiger partial charge in [0, 0.05) is 12.8 Å². The van der Waals surface area contributed by atoms with Gasteiger partial charge in [0.15, 0.2) is 0 Å². The van der Waals surface area contributed by atoms with Crippen molar-refractivity contribution in [3.8, 4) is 0 Å².